The number of nitrogens with zero attached hydrogens (tertiary/aromatic N) is 2. The molecule has 0 bridgehead atoms. The van der Waals surface area contributed by atoms with Gasteiger partial charge in [0, 0.05) is 25.7 Å². The second-order valence-corrected chi connectivity index (χ2v) is 5.31. The zero-order valence-electron chi connectivity index (χ0n) is 12.6. The number of piperidine rings is 1. The van der Waals surface area contributed by atoms with Crippen molar-refractivity contribution in [3.63, 3.8) is 0 Å². The smallest absolute Gasteiger partial charge is 0.0628 e. The van der Waals surface area contributed by atoms with Crippen LogP contribution in [0.3, 0.4) is 0 Å². The maximum Gasteiger partial charge on any atom is 0.0628 e. The molecule has 4 heteroatoms. The van der Waals surface area contributed by atoms with Crippen LogP contribution < -0.4 is 5.32 Å². The molecule has 0 aromatic heterocycles. The van der Waals surface area contributed by atoms with Gasteiger partial charge in [0.2, 0.25) is 0 Å². The second-order valence-electron chi connectivity index (χ2n) is 5.31. The zero-order chi connectivity index (χ0) is 13.4. The number of likely N-dealkylation sites (N-methyl/N-ethyl adjacent to an activating group) is 2. The van der Waals surface area contributed by atoms with Crippen molar-refractivity contribution in [1.29, 1.82) is 0 Å². The van der Waals surface area contributed by atoms with Crippen molar-refractivity contribution in [2.75, 3.05) is 53.5 Å². The van der Waals surface area contributed by atoms with Crippen LogP contribution in [0.25, 0.3) is 0 Å². The lowest BCUT2D eigenvalue weighted by Crippen LogP contribution is -2.49. The molecule has 4 nitrogen and oxygen atoms in total. The van der Waals surface area contributed by atoms with Crippen LogP contribution in [0.15, 0.2) is 0 Å². The fourth-order valence-corrected chi connectivity index (χ4v) is 2.84. The average Bonchev–Trinajstić information content (AvgIpc) is 2.39. The van der Waals surface area contributed by atoms with E-state index in [-0.39, 0.29) is 0 Å². The summed E-state index contributed by atoms with van der Waals surface area (Å²) in [5.41, 5.74) is 0. The van der Waals surface area contributed by atoms with Crippen LogP contribution in [0.4, 0.5) is 0 Å². The summed E-state index contributed by atoms with van der Waals surface area (Å²) in [5.74, 6) is 0. The Kier molecular flexibility index (Phi) is 7.82. The molecule has 18 heavy (non-hydrogen) atoms. The standard InChI is InChI=1S/C14H31N3O/c1-5-15-13(12-18-4)11-16(3)14-7-9-17(6-2)10-8-14/h13-15H,5-12H2,1-4H3. The summed E-state index contributed by atoms with van der Waals surface area (Å²) in [6.07, 6.45) is 2.60. The van der Waals surface area contributed by atoms with Crippen LogP contribution >= 0.6 is 0 Å². The Balaban J connectivity index is 2.32. The highest BCUT2D eigenvalue weighted by Crippen LogP contribution is 2.15. The minimum Gasteiger partial charge on any atom is -0.383 e. The molecule has 1 atom stereocenters. The average molecular weight is 257 g/mol. The van der Waals surface area contributed by atoms with E-state index in [4.69, 9.17) is 4.74 Å². The summed E-state index contributed by atoms with van der Waals surface area (Å²) >= 11 is 0. The van der Waals surface area contributed by atoms with Crippen LogP contribution in [0.1, 0.15) is 26.7 Å². The predicted molar refractivity (Wildman–Crippen MR) is 77.1 cm³/mol. The predicted octanol–water partition coefficient (Wildman–Crippen LogP) is 1.03. The SMILES string of the molecule is CCNC(COC)CN(C)C1CCN(CC)CC1. The Morgan fingerprint density at radius 1 is 1.33 bits per heavy atom. The number of hydrogen-bond acceptors (Lipinski definition) is 4. The lowest BCUT2D eigenvalue weighted by atomic mass is 10.0. The molecule has 1 N–H and O–H groups in total. The molecule has 1 fully saturated rings. The summed E-state index contributed by atoms with van der Waals surface area (Å²) in [5, 5.41) is 3.50. The molecule has 108 valence electrons. The highest BCUT2D eigenvalue weighted by atomic mass is 16.5. The third-order valence-corrected chi connectivity index (χ3v) is 4.00. The molecule has 1 saturated heterocycles. The topological polar surface area (TPSA) is 27.7 Å². The Morgan fingerprint density at radius 3 is 2.50 bits per heavy atom. The third-order valence-electron chi connectivity index (χ3n) is 4.00. The van der Waals surface area contributed by atoms with Crippen LogP contribution in [0.5, 0.6) is 0 Å². The minimum absolute atomic E-state index is 0.453. The molecular weight excluding hydrogens is 226 g/mol. The number of nitrogens with one attached hydrogen (secondary N) is 1. The normalized spacial score (nSPS) is 20.5. The Hall–Kier alpha value is -0.160. The molecule has 1 aliphatic heterocycles. The van der Waals surface area contributed by atoms with Gasteiger partial charge >= 0.3 is 0 Å². The number of hydrogen-bond donors (Lipinski definition) is 1. The van der Waals surface area contributed by atoms with Gasteiger partial charge in [-0.2, -0.15) is 0 Å². The molecule has 1 unspecified atom stereocenters. The highest BCUT2D eigenvalue weighted by molar-refractivity contribution is 4.80. The van der Waals surface area contributed by atoms with Gasteiger partial charge in [0.15, 0.2) is 0 Å². The van der Waals surface area contributed by atoms with Gasteiger partial charge in [-0.3, -0.25) is 0 Å². The Bertz CT molecular complexity index is 199. The lowest BCUT2D eigenvalue weighted by molar-refractivity contribution is 0.100. The number of methoxy groups -OCH3 is 1. The molecule has 0 spiro atoms. The summed E-state index contributed by atoms with van der Waals surface area (Å²) < 4.78 is 5.28. The minimum atomic E-state index is 0.453. The highest BCUT2D eigenvalue weighted by Gasteiger charge is 2.23. The number of rotatable bonds is 8. The maximum absolute atomic E-state index is 5.28. The van der Waals surface area contributed by atoms with Gasteiger partial charge in [0.25, 0.3) is 0 Å². The van der Waals surface area contributed by atoms with Gasteiger partial charge in [-0.1, -0.05) is 13.8 Å². The van der Waals surface area contributed by atoms with Crippen molar-refractivity contribution >= 4 is 0 Å². The first-order valence-electron chi connectivity index (χ1n) is 7.36. The zero-order valence-corrected chi connectivity index (χ0v) is 12.6. The molecule has 0 radical (unpaired) electrons. The van der Waals surface area contributed by atoms with Gasteiger partial charge in [-0.15, -0.1) is 0 Å². The van der Waals surface area contributed by atoms with Crippen LogP contribution in [0.2, 0.25) is 0 Å². The number of likely N-dealkylation sites (tertiary alicyclic amines) is 1. The molecule has 1 rings (SSSR count). The molecule has 0 saturated carbocycles. The van der Waals surface area contributed by atoms with Crippen molar-refractivity contribution in [1.82, 2.24) is 15.1 Å². The molecule has 0 amide bonds. The van der Waals surface area contributed by atoms with E-state index in [2.05, 4.69) is 36.0 Å². The van der Waals surface area contributed by atoms with E-state index in [0.717, 1.165) is 25.7 Å². The van der Waals surface area contributed by atoms with E-state index in [1.54, 1.807) is 7.11 Å². The molecule has 0 aliphatic carbocycles. The van der Waals surface area contributed by atoms with E-state index in [0.29, 0.717) is 6.04 Å². The van der Waals surface area contributed by atoms with Crippen molar-refractivity contribution in [3.8, 4) is 0 Å². The summed E-state index contributed by atoms with van der Waals surface area (Å²) in [4.78, 5) is 5.06. The van der Waals surface area contributed by atoms with Crippen LogP contribution in [0, 0.1) is 0 Å². The fraction of sp³-hybridized carbons (Fsp3) is 1.00. The summed E-state index contributed by atoms with van der Waals surface area (Å²) in [6, 6.07) is 1.19. The van der Waals surface area contributed by atoms with Gasteiger partial charge in [0.05, 0.1) is 6.61 Å². The van der Waals surface area contributed by atoms with E-state index < -0.39 is 0 Å². The summed E-state index contributed by atoms with van der Waals surface area (Å²) in [6.45, 7) is 11.0. The van der Waals surface area contributed by atoms with Crippen molar-refractivity contribution in [3.05, 3.63) is 0 Å². The Labute approximate surface area is 113 Å². The van der Waals surface area contributed by atoms with Gasteiger partial charge in [0.1, 0.15) is 0 Å². The van der Waals surface area contributed by atoms with Gasteiger partial charge in [-0.05, 0) is 46.1 Å². The van der Waals surface area contributed by atoms with Gasteiger partial charge in [-0.25, -0.2) is 0 Å². The van der Waals surface area contributed by atoms with Crippen LogP contribution in [-0.2, 0) is 4.74 Å². The van der Waals surface area contributed by atoms with Crippen LogP contribution in [-0.4, -0.2) is 75.4 Å². The van der Waals surface area contributed by atoms with Crippen molar-refractivity contribution < 1.29 is 4.74 Å². The van der Waals surface area contributed by atoms with Gasteiger partial charge < -0.3 is 19.9 Å². The lowest BCUT2D eigenvalue weighted by Gasteiger charge is -2.37. The van der Waals surface area contributed by atoms with E-state index in [1.165, 1.54) is 32.5 Å². The molecule has 1 aliphatic rings. The number of ether oxygens (including phenoxy) is 1. The first kappa shape index (κ1) is 15.9. The third kappa shape index (κ3) is 5.22. The molecule has 0 aromatic carbocycles. The van der Waals surface area contributed by atoms with E-state index in [9.17, 15) is 0 Å². The second kappa shape index (κ2) is 8.86. The summed E-state index contributed by atoms with van der Waals surface area (Å²) in [7, 11) is 4.04. The maximum atomic E-state index is 5.28. The first-order valence-corrected chi connectivity index (χ1v) is 7.36. The fourth-order valence-electron chi connectivity index (χ4n) is 2.84. The first-order chi connectivity index (χ1) is 8.71. The molecule has 0 aromatic rings. The monoisotopic (exact) mass is 257 g/mol. The van der Waals surface area contributed by atoms with E-state index >= 15 is 0 Å². The quantitative estimate of drug-likeness (QED) is 0.703. The molecular formula is C14H31N3O. The van der Waals surface area contributed by atoms with Crippen molar-refractivity contribution in [2.45, 2.75) is 38.8 Å². The van der Waals surface area contributed by atoms with Crippen molar-refractivity contribution in [2.24, 2.45) is 0 Å². The Morgan fingerprint density at radius 2 is 2.00 bits per heavy atom. The largest absolute Gasteiger partial charge is 0.383 e. The molecule has 1 heterocycles. The van der Waals surface area contributed by atoms with E-state index in [1.807, 2.05) is 0 Å².